The molecule has 5 nitrogen and oxygen atoms in total. The zero-order valence-electron chi connectivity index (χ0n) is 13.7. The maximum absolute atomic E-state index is 13.0. The van der Waals surface area contributed by atoms with Gasteiger partial charge in [-0.05, 0) is 44.1 Å². The highest BCUT2D eigenvalue weighted by Crippen LogP contribution is 2.33. The van der Waals surface area contributed by atoms with E-state index in [2.05, 4.69) is 16.7 Å². The fourth-order valence-corrected chi connectivity index (χ4v) is 3.48. The van der Waals surface area contributed by atoms with E-state index < -0.39 is 5.54 Å². The molecule has 0 unspecified atom stereocenters. The van der Waals surface area contributed by atoms with Crippen LogP contribution in [0.3, 0.4) is 0 Å². The topological polar surface area (TPSA) is 77.3 Å². The fraction of sp³-hybridized carbons (Fsp3) is 0.250. The van der Waals surface area contributed by atoms with E-state index in [1.165, 1.54) is 0 Å². The molecule has 1 saturated heterocycles. The number of aliphatic imine (C=N–C) groups is 1. The number of amides is 1. The molecule has 4 rings (SSSR count). The molecule has 0 radical (unpaired) electrons. The van der Waals surface area contributed by atoms with Gasteiger partial charge in [-0.15, -0.1) is 0 Å². The maximum atomic E-state index is 13.0. The van der Waals surface area contributed by atoms with Crippen LogP contribution in [0.5, 0.6) is 0 Å². The van der Waals surface area contributed by atoms with Crippen molar-refractivity contribution in [1.29, 1.82) is 5.26 Å². The Bertz CT molecular complexity index is 890. The minimum atomic E-state index is -0.762. The monoisotopic (exact) mass is 330 g/mol. The van der Waals surface area contributed by atoms with Crippen LogP contribution in [0.4, 0.5) is 5.69 Å². The number of nitrogens with zero attached hydrogens (tertiary/aromatic N) is 2. The Hall–Kier alpha value is -2.97. The Morgan fingerprint density at radius 1 is 1.08 bits per heavy atom. The molecule has 1 amide bonds. The van der Waals surface area contributed by atoms with Crippen LogP contribution in [-0.4, -0.2) is 30.2 Å². The Balaban J connectivity index is 1.95. The van der Waals surface area contributed by atoms with Gasteiger partial charge >= 0.3 is 0 Å². The van der Waals surface area contributed by atoms with Crippen molar-refractivity contribution in [2.45, 2.75) is 18.4 Å². The third-order valence-electron chi connectivity index (χ3n) is 4.88. The highest BCUT2D eigenvalue weighted by atomic mass is 16.2. The summed E-state index contributed by atoms with van der Waals surface area (Å²) in [6.45, 7) is 1.53. The van der Waals surface area contributed by atoms with Crippen LogP contribution in [0.2, 0.25) is 0 Å². The first-order valence-electron chi connectivity index (χ1n) is 8.44. The first-order valence-corrected chi connectivity index (χ1v) is 8.44. The second-order valence-electron chi connectivity index (χ2n) is 6.43. The zero-order chi connectivity index (χ0) is 17.3. The summed E-state index contributed by atoms with van der Waals surface area (Å²) in [5.74, 6) is -0.0640. The fourth-order valence-electron chi connectivity index (χ4n) is 3.48. The lowest BCUT2D eigenvalue weighted by Gasteiger charge is -2.32. The summed E-state index contributed by atoms with van der Waals surface area (Å²) in [5.41, 5.74) is 3.03. The standard InChI is InChI=1S/C20H18N4O/c21-13-14-6-7-17-16(12-14)18(15-4-2-1-3-5-15)24-20(19(25)23-17)8-10-22-11-9-20/h1-7,12,22H,8-11H2,(H,23,25). The van der Waals surface area contributed by atoms with Crippen LogP contribution in [0.25, 0.3) is 0 Å². The van der Waals surface area contributed by atoms with Gasteiger partial charge in [-0.1, -0.05) is 30.3 Å². The van der Waals surface area contributed by atoms with Gasteiger partial charge in [0.25, 0.3) is 5.91 Å². The minimum absolute atomic E-state index is 0.0640. The van der Waals surface area contributed by atoms with E-state index in [1.807, 2.05) is 36.4 Å². The number of nitrogens with one attached hydrogen (secondary N) is 2. The van der Waals surface area contributed by atoms with E-state index in [9.17, 15) is 10.1 Å². The smallest absolute Gasteiger partial charge is 0.252 e. The Morgan fingerprint density at radius 2 is 1.84 bits per heavy atom. The molecular formula is C20H18N4O. The third kappa shape index (κ3) is 2.71. The largest absolute Gasteiger partial charge is 0.323 e. The Labute approximate surface area is 146 Å². The van der Waals surface area contributed by atoms with Gasteiger partial charge in [0.15, 0.2) is 0 Å². The molecule has 2 aromatic rings. The zero-order valence-corrected chi connectivity index (χ0v) is 13.7. The van der Waals surface area contributed by atoms with Crippen LogP contribution in [-0.2, 0) is 4.79 Å². The van der Waals surface area contributed by atoms with E-state index in [1.54, 1.807) is 12.1 Å². The quantitative estimate of drug-likeness (QED) is 0.843. The number of carbonyl (C=O) groups is 1. The van der Waals surface area contributed by atoms with Gasteiger partial charge in [0, 0.05) is 11.1 Å². The van der Waals surface area contributed by atoms with Gasteiger partial charge in [0.05, 0.1) is 23.0 Å². The van der Waals surface area contributed by atoms with Crippen molar-refractivity contribution in [3.8, 4) is 6.07 Å². The van der Waals surface area contributed by atoms with Gasteiger partial charge in [0.2, 0.25) is 0 Å². The van der Waals surface area contributed by atoms with Crippen LogP contribution >= 0.6 is 0 Å². The van der Waals surface area contributed by atoms with E-state index in [-0.39, 0.29) is 5.91 Å². The van der Waals surface area contributed by atoms with Crippen molar-refractivity contribution in [3.05, 3.63) is 65.2 Å². The van der Waals surface area contributed by atoms with E-state index in [0.717, 1.165) is 29.9 Å². The lowest BCUT2D eigenvalue weighted by Crippen LogP contribution is -2.49. The number of rotatable bonds is 1. The van der Waals surface area contributed by atoms with Gasteiger partial charge in [-0.2, -0.15) is 5.26 Å². The number of hydrogen-bond acceptors (Lipinski definition) is 4. The lowest BCUT2D eigenvalue weighted by molar-refractivity contribution is -0.121. The molecule has 1 spiro atoms. The van der Waals surface area contributed by atoms with Crippen LogP contribution in [0, 0.1) is 11.3 Å². The summed E-state index contributed by atoms with van der Waals surface area (Å²) in [6, 6.07) is 17.4. The molecule has 0 bridgehead atoms. The molecule has 0 atom stereocenters. The van der Waals surface area contributed by atoms with Gasteiger partial charge in [-0.3, -0.25) is 9.79 Å². The molecule has 25 heavy (non-hydrogen) atoms. The molecule has 1 fully saturated rings. The van der Waals surface area contributed by atoms with Gasteiger partial charge < -0.3 is 10.6 Å². The molecule has 2 aliphatic heterocycles. The average molecular weight is 330 g/mol. The molecule has 0 saturated carbocycles. The number of carbonyl (C=O) groups excluding carboxylic acids is 1. The number of fused-ring (bicyclic) bond motifs is 1. The molecule has 2 aromatic carbocycles. The summed E-state index contributed by atoms with van der Waals surface area (Å²) in [4.78, 5) is 18.0. The first kappa shape index (κ1) is 15.6. The average Bonchev–Trinajstić information content (AvgIpc) is 2.78. The molecule has 2 N–H and O–H groups in total. The van der Waals surface area contributed by atoms with Crippen molar-refractivity contribution in [2.24, 2.45) is 4.99 Å². The summed E-state index contributed by atoms with van der Waals surface area (Å²) < 4.78 is 0. The summed E-state index contributed by atoms with van der Waals surface area (Å²) in [5, 5.41) is 15.6. The highest BCUT2D eigenvalue weighted by molar-refractivity contribution is 6.20. The third-order valence-corrected chi connectivity index (χ3v) is 4.88. The van der Waals surface area contributed by atoms with Crippen LogP contribution in [0.1, 0.15) is 29.5 Å². The normalized spacial score (nSPS) is 18.5. The molecule has 0 aromatic heterocycles. The van der Waals surface area contributed by atoms with Gasteiger partial charge in [-0.25, -0.2) is 0 Å². The number of anilines is 1. The molecule has 2 aliphatic rings. The number of hydrogen-bond donors (Lipinski definition) is 2. The van der Waals surface area contributed by atoms with Crippen molar-refractivity contribution >= 4 is 17.3 Å². The van der Waals surface area contributed by atoms with E-state index in [4.69, 9.17) is 4.99 Å². The SMILES string of the molecule is N#Cc1ccc2c(c1)C(c1ccccc1)=NC1(CCNCC1)C(=O)N2. The van der Waals surface area contributed by atoms with Crippen LogP contribution < -0.4 is 10.6 Å². The van der Waals surface area contributed by atoms with Crippen molar-refractivity contribution in [1.82, 2.24) is 5.32 Å². The van der Waals surface area contributed by atoms with E-state index in [0.29, 0.717) is 24.1 Å². The first-order chi connectivity index (χ1) is 12.2. The summed E-state index contributed by atoms with van der Waals surface area (Å²) >= 11 is 0. The van der Waals surface area contributed by atoms with Crippen molar-refractivity contribution in [3.63, 3.8) is 0 Å². The van der Waals surface area contributed by atoms with Crippen molar-refractivity contribution < 1.29 is 4.79 Å². The van der Waals surface area contributed by atoms with Gasteiger partial charge in [0.1, 0.15) is 5.54 Å². The molecule has 5 heteroatoms. The van der Waals surface area contributed by atoms with Crippen molar-refractivity contribution in [2.75, 3.05) is 18.4 Å². The molecule has 0 aliphatic carbocycles. The summed E-state index contributed by atoms with van der Waals surface area (Å²) in [7, 11) is 0. The second-order valence-corrected chi connectivity index (χ2v) is 6.43. The number of piperidine rings is 1. The lowest BCUT2D eigenvalue weighted by atomic mass is 9.87. The van der Waals surface area contributed by atoms with E-state index >= 15 is 0 Å². The number of nitriles is 1. The van der Waals surface area contributed by atoms with Crippen LogP contribution in [0.15, 0.2) is 53.5 Å². The summed E-state index contributed by atoms with van der Waals surface area (Å²) in [6.07, 6.45) is 1.32. The number of benzene rings is 2. The highest BCUT2D eigenvalue weighted by Gasteiger charge is 2.42. The molecule has 2 heterocycles. The Morgan fingerprint density at radius 3 is 2.56 bits per heavy atom. The Kier molecular flexibility index (Phi) is 3.83. The molecule has 124 valence electrons. The predicted molar refractivity (Wildman–Crippen MR) is 96.7 cm³/mol. The second kappa shape index (κ2) is 6.15. The predicted octanol–water partition coefficient (Wildman–Crippen LogP) is 2.47. The molecular weight excluding hydrogens is 312 g/mol. The minimum Gasteiger partial charge on any atom is -0.323 e. The maximum Gasteiger partial charge on any atom is 0.252 e.